The molecule has 0 radical (unpaired) electrons. The molecule has 0 atom stereocenters. The van der Waals surface area contributed by atoms with Crippen LogP contribution in [0, 0.1) is 0 Å². The van der Waals surface area contributed by atoms with Crippen LogP contribution in [0.2, 0.25) is 10.3 Å². The van der Waals surface area contributed by atoms with Gasteiger partial charge in [-0.25, -0.2) is 9.97 Å². The Labute approximate surface area is 182 Å². The van der Waals surface area contributed by atoms with Gasteiger partial charge in [-0.05, 0) is 71.5 Å². The van der Waals surface area contributed by atoms with Crippen molar-refractivity contribution in [3.8, 4) is 11.5 Å². The topological polar surface area (TPSA) is 64.5 Å². The van der Waals surface area contributed by atoms with Crippen molar-refractivity contribution in [2.75, 3.05) is 19.6 Å². The molecule has 1 aliphatic heterocycles. The molecule has 8 heteroatoms. The van der Waals surface area contributed by atoms with Crippen molar-refractivity contribution in [3.05, 3.63) is 47.0 Å². The van der Waals surface area contributed by atoms with Gasteiger partial charge in [-0.3, -0.25) is 9.69 Å². The van der Waals surface area contributed by atoms with Crippen LogP contribution in [0.5, 0.6) is 11.5 Å². The highest BCUT2D eigenvalue weighted by molar-refractivity contribution is 6.29. The number of likely N-dealkylation sites (tertiary alicyclic amines) is 1. The maximum Gasteiger partial charge on any atom is 0.162 e. The molecule has 0 bridgehead atoms. The second-order valence-corrected chi connectivity index (χ2v) is 8.72. The molecule has 1 fully saturated rings. The summed E-state index contributed by atoms with van der Waals surface area (Å²) in [6.07, 6.45) is 5.19. The number of halogens is 2. The first-order valence-corrected chi connectivity index (χ1v) is 10.1. The Morgan fingerprint density at radius 2 is 1.48 bits per heavy atom. The van der Waals surface area contributed by atoms with Crippen LogP contribution in [-0.2, 0) is 4.79 Å². The van der Waals surface area contributed by atoms with Crippen LogP contribution in [0.3, 0.4) is 0 Å². The quantitative estimate of drug-likeness (QED) is 0.460. The lowest BCUT2D eigenvalue weighted by molar-refractivity contribution is -0.119. The summed E-state index contributed by atoms with van der Waals surface area (Å²) in [6.45, 7) is 10.9. The van der Waals surface area contributed by atoms with Gasteiger partial charge >= 0.3 is 0 Å². The Morgan fingerprint density at radius 3 is 1.86 bits per heavy atom. The molecule has 6 nitrogen and oxygen atoms in total. The Bertz CT molecular complexity index is 777. The normalized spacial score (nSPS) is 14.3. The lowest BCUT2D eigenvalue weighted by Gasteiger charge is -2.38. The third kappa shape index (κ3) is 8.56. The number of pyridine rings is 2. The minimum atomic E-state index is -0.824. The van der Waals surface area contributed by atoms with Crippen molar-refractivity contribution in [2.24, 2.45) is 0 Å². The summed E-state index contributed by atoms with van der Waals surface area (Å²) in [6, 6.07) is 6.88. The molecule has 2 aromatic rings. The molecule has 29 heavy (non-hydrogen) atoms. The number of hydrogen-bond donors (Lipinski definition) is 0. The van der Waals surface area contributed by atoms with Crippen molar-refractivity contribution in [1.82, 2.24) is 14.9 Å². The molecule has 0 N–H and O–H groups in total. The van der Waals surface area contributed by atoms with Crippen LogP contribution >= 0.6 is 23.2 Å². The Morgan fingerprint density at radius 1 is 0.966 bits per heavy atom. The van der Waals surface area contributed by atoms with E-state index in [9.17, 15) is 4.79 Å². The average Bonchev–Trinajstić information content (AvgIpc) is 2.63. The number of hydrogen-bond acceptors (Lipinski definition) is 6. The van der Waals surface area contributed by atoms with E-state index in [0.29, 0.717) is 16.1 Å². The Kier molecular flexibility index (Phi) is 8.25. The summed E-state index contributed by atoms with van der Waals surface area (Å²) in [5.41, 5.74) is -1.01. The van der Waals surface area contributed by atoms with Crippen LogP contribution in [0.4, 0.5) is 0 Å². The second kappa shape index (κ2) is 10.2. The summed E-state index contributed by atoms with van der Waals surface area (Å²) in [4.78, 5) is 20.7. The number of ether oxygens (including phenoxy) is 2. The standard InChI is InChI=1S/C12H17ClN2O.C9H10ClNO2/c1-12(2,9-15-6-3-7-15)16-10-4-5-11(13)14-8-10;1-9(2,6-12)13-7-3-4-8(10)11-5-7/h4-5,8H,3,6-7,9H2,1-2H3;3-6H,1-2H3. The summed E-state index contributed by atoms with van der Waals surface area (Å²) < 4.78 is 11.2. The largest absolute Gasteiger partial charge is 0.485 e. The predicted molar refractivity (Wildman–Crippen MR) is 115 cm³/mol. The van der Waals surface area contributed by atoms with Crippen LogP contribution < -0.4 is 9.47 Å². The molecule has 3 heterocycles. The lowest BCUT2D eigenvalue weighted by atomic mass is 10.1. The highest BCUT2D eigenvalue weighted by Gasteiger charge is 2.26. The summed E-state index contributed by atoms with van der Waals surface area (Å²) in [5.74, 6) is 1.30. The summed E-state index contributed by atoms with van der Waals surface area (Å²) in [5, 5.41) is 0.893. The molecule has 0 spiro atoms. The lowest BCUT2D eigenvalue weighted by Crippen LogP contribution is -2.48. The van der Waals surface area contributed by atoms with Gasteiger partial charge in [-0.15, -0.1) is 0 Å². The van der Waals surface area contributed by atoms with E-state index in [4.69, 9.17) is 32.7 Å². The number of carbonyl (C=O) groups excluding carboxylic acids is 1. The van der Waals surface area contributed by atoms with E-state index in [0.717, 1.165) is 18.6 Å². The van der Waals surface area contributed by atoms with E-state index in [1.165, 1.54) is 25.7 Å². The van der Waals surface area contributed by atoms with Gasteiger partial charge in [0, 0.05) is 6.54 Å². The molecular weight excluding hydrogens is 413 g/mol. The fourth-order valence-corrected chi connectivity index (χ4v) is 2.83. The minimum absolute atomic E-state index is 0.185. The monoisotopic (exact) mass is 439 g/mol. The number of carbonyl (C=O) groups is 1. The number of aldehydes is 1. The fraction of sp³-hybridized carbons (Fsp3) is 0.476. The minimum Gasteiger partial charge on any atom is -0.485 e. The van der Waals surface area contributed by atoms with Gasteiger partial charge in [0.25, 0.3) is 0 Å². The van der Waals surface area contributed by atoms with Gasteiger partial charge in [-0.2, -0.15) is 0 Å². The molecule has 1 saturated heterocycles. The average molecular weight is 440 g/mol. The van der Waals surface area contributed by atoms with E-state index in [1.54, 1.807) is 38.2 Å². The zero-order valence-corrected chi connectivity index (χ0v) is 18.7. The zero-order chi connectivity index (χ0) is 21.5. The van der Waals surface area contributed by atoms with Crippen LogP contribution in [0.1, 0.15) is 34.1 Å². The molecule has 3 rings (SSSR count). The molecule has 158 valence electrons. The van der Waals surface area contributed by atoms with E-state index < -0.39 is 5.60 Å². The fourth-order valence-electron chi connectivity index (χ4n) is 2.60. The van der Waals surface area contributed by atoms with Gasteiger partial charge in [0.1, 0.15) is 27.4 Å². The van der Waals surface area contributed by atoms with Gasteiger partial charge in [0.2, 0.25) is 0 Å². The van der Waals surface area contributed by atoms with E-state index in [-0.39, 0.29) is 5.60 Å². The van der Waals surface area contributed by atoms with Gasteiger partial charge < -0.3 is 9.47 Å². The van der Waals surface area contributed by atoms with Crippen LogP contribution in [-0.4, -0.2) is 52.0 Å². The van der Waals surface area contributed by atoms with Crippen LogP contribution in [0.15, 0.2) is 36.7 Å². The Hall–Kier alpha value is -1.89. The number of aromatic nitrogens is 2. The highest BCUT2D eigenvalue weighted by atomic mass is 35.5. The van der Waals surface area contributed by atoms with Gasteiger partial charge in [-0.1, -0.05) is 23.2 Å². The molecule has 2 aromatic heterocycles. The van der Waals surface area contributed by atoms with Crippen molar-refractivity contribution in [3.63, 3.8) is 0 Å². The number of nitrogens with zero attached hydrogens (tertiary/aromatic N) is 3. The van der Waals surface area contributed by atoms with Crippen molar-refractivity contribution in [2.45, 2.75) is 45.3 Å². The third-order valence-corrected chi connectivity index (χ3v) is 4.46. The number of rotatable bonds is 7. The summed E-state index contributed by atoms with van der Waals surface area (Å²) >= 11 is 11.3. The first kappa shape index (κ1) is 23.4. The van der Waals surface area contributed by atoms with Crippen molar-refractivity contribution in [1.29, 1.82) is 0 Å². The maximum atomic E-state index is 10.5. The van der Waals surface area contributed by atoms with E-state index >= 15 is 0 Å². The van der Waals surface area contributed by atoms with E-state index in [1.807, 2.05) is 6.07 Å². The van der Waals surface area contributed by atoms with Gasteiger partial charge in [0.15, 0.2) is 11.9 Å². The first-order chi connectivity index (χ1) is 13.6. The van der Waals surface area contributed by atoms with Crippen molar-refractivity contribution < 1.29 is 14.3 Å². The van der Waals surface area contributed by atoms with Crippen molar-refractivity contribution >= 4 is 29.5 Å². The first-order valence-electron chi connectivity index (χ1n) is 9.38. The second-order valence-electron chi connectivity index (χ2n) is 7.95. The molecule has 0 amide bonds. The molecule has 0 aromatic carbocycles. The predicted octanol–water partition coefficient (Wildman–Crippen LogP) is 4.69. The smallest absolute Gasteiger partial charge is 0.162 e. The highest BCUT2D eigenvalue weighted by Crippen LogP contribution is 2.21. The molecule has 1 aliphatic rings. The third-order valence-electron chi connectivity index (χ3n) is 4.01. The molecule has 0 aliphatic carbocycles. The zero-order valence-electron chi connectivity index (χ0n) is 17.2. The maximum absolute atomic E-state index is 10.5. The molecule has 0 saturated carbocycles. The summed E-state index contributed by atoms with van der Waals surface area (Å²) in [7, 11) is 0. The Balaban J connectivity index is 0.000000212. The van der Waals surface area contributed by atoms with E-state index in [2.05, 4.69) is 28.7 Å². The molecular formula is C21H27Cl2N3O3. The van der Waals surface area contributed by atoms with Gasteiger partial charge in [0.05, 0.1) is 12.4 Å². The molecule has 0 unspecified atom stereocenters. The SMILES string of the molecule is CC(C)(C=O)Oc1ccc(Cl)nc1.CC(C)(CN1CCC1)Oc1ccc(Cl)nc1. The van der Waals surface area contributed by atoms with Crippen LogP contribution in [0.25, 0.3) is 0 Å².